The molecule has 70 valence electrons. The smallest absolute Gasteiger partial charge is 0.210 e. The first-order chi connectivity index (χ1) is 5.88. The fourth-order valence-corrected chi connectivity index (χ4v) is 1.32. The molecule has 0 radical (unpaired) electrons. The number of hydrogen-bond acceptors (Lipinski definition) is 3. The second-order valence-electron chi connectivity index (χ2n) is 2.86. The first-order valence-corrected chi connectivity index (χ1v) is 4.38. The van der Waals surface area contributed by atoms with Crippen molar-refractivity contribution in [2.75, 3.05) is 32.8 Å². The lowest BCUT2D eigenvalue weighted by atomic mass is 10.2. The van der Waals surface area contributed by atoms with Crippen molar-refractivity contribution in [3.8, 4) is 0 Å². The molecule has 1 N–H and O–H groups in total. The Labute approximate surface area is 72.9 Å². The van der Waals surface area contributed by atoms with Crippen LogP contribution >= 0.6 is 0 Å². The maximum absolute atomic E-state index is 10.6. The minimum absolute atomic E-state index is 0.219. The van der Waals surface area contributed by atoms with E-state index in [9.17, 15) is 4.79 Å². The molecule has 4 nitrogen and oxygen atoms in total. The summed E-state index contributed by atoms with van der Waals surface area (Å²) in [5, 5.41) is 3.23. The largest absolute Gasteiger partial charge is 0.380 e. The van der Waals surface area contributed by atoms with Gasteiger partial charge >= 0.3 is 0 Å². The van der Waals surface area contributed by atoms with Crippen molar-refractivity contribution < 1.29 is 9.53 Å². The van der Waals surface area contributed by atoms with Gasteiger partial charge in [-0.2, -0.15) is 0 Å². The van der Waals surface area contributed by atoms with E-state index in [0.717, 1.165) is 26.0 Å². The molecule has 0 bridgehead atoms. The zero-order valence-corrected chi connectivity index (χ0v) is 7.45. The molecule has 0 spiro atoms. The lowest BCUT2D eigenvalue weighted by Gasteiger charge is -2.32. The Balaban J connectivity index is 2.31. The topological polar surface area (TPSA) is 41.6 Å². The summed E-state index contributed by atoms with van der Waals surface area (Å²) in [6.45, 7) is 5.84. The summed E-state index contributed by atoms with van der Waals surface area (Å²) in [6, 6.07) is 0.219. The molecular weight excluding hydrogens is 156 g/mol. The molecule has 1 amide bonds. The van der Waals surface area contributed by atoms with Crippen molar-refractivity contribution >= 4 is 6.41 Å². The van der Waals surface area contributed by atoms with E-state index in [2.05, 4.69) is 5.32 Å². The highest BCUT2D eigenvalue weighted by atomic mass is 16.5. The molecule has 0 aromatic rings. The van der Waals surface area contributed by atoms with Crippen molar-refractivity contribution in [3.63, 3.8) is 0 Å². The molecule has 0 aliphatic carbocycles. The minimum atomic E-state index is 0.219. The van der Waals surface area contributed by atoms with Crippen molar-refractivity contribution in [3.05, 3.63) is 0 Å². The van der Waals surface area contributed by atoms with Crippen LogP contribution in [0.5, 0.6) is 0 Å². The van der Waals surface area contributed by atoms with E-state index in [1.165, 1.54) is 0 Å². The van der Waals surface area contributed by atoms with E-state index in [1.54, 1.807) is 4.90 Å². The molecule has 1 rings (SSSR count). The van der Waals surface area contributed by atoms with E-state index >= 15 is 0 Å². The summed E-state index contributed by atoms with van der Waals surface area (Å²) in [5.74, 6) is 0. The molecule has 12 heavy (non-hydrogen) atoms. The third-order valence-electron chi connectivity index (χ3n) is 2.05. The summed E-state index contributed by atoms with van der Waals surface area (Å²) in [5.41, 5.74) is 0. The Morgan fingerprint density at radius 3 is 3.25 bits per heavy atom. The fourth-order valence-electron chi connectivity index (χ4n) is 1.32. The molecule has 1 fully saturated rings. The molecule has 1 heterocycles. The van der Waals surface area contributed by atoms with Gasteiger partial charge in [-0.25, -0.2) is 0 Å². The maximum Gasteiger partial charge on any atom is 0.210 e. The Bertz CT molecular complexity index is 141. The van der Waals surface area contributed by atoms with Crippen LogP contribution in [0.4, 0.5) is 0 Å². The summed E-state index contributed by atoms with van der Waals surface area (Å²) >= 11 is 0. The maximum atomic E-state index is 10.6. The molecule has 1 unspecified atom stereocenters. The van der Waals surface area contributed by atoms with Gasteiger partial charge in [0, 0.05) is 26.2 Å². The van der Waals surface area contributed by atoms with Crippen LogP contribution in [-0.2, 0) is 9.53 Å². The molecule has 1 aliphatic heterocycles. The highest BCUT2D eigenvalue weighted by molar-refractivity contribution is 5.48. The summed E-state index contributed by atoms with van der Waals surface area (Å²) in [4.78, 5) is 12.4. The second-order valence-corrected chi connectivity index (χ2v) is 2.86. The van der Waals surface area contributed by atoms with Gasteiger partial charge in [-0.15, -0.1) is 0 Å². The van der Waals surface area contributed by atoms with E-state index in [1.807, 2.05) is 6.92 Å². The Hall–Kier alpha value is -0.610. The normalized spacial score (nSPS) is 24.1. The van der Waals surface area contributed by atoms with E-state index in [0.29, 0.717) is 13.2 Å². The van der Waals surface area contributed by atoms with Gasteiger partial charge in [-0.3, -0.25) is 4.79 Å². The zero-order valence-electron chi connectivity index (χ0n) is 7.45. The number of carbonyl (C=O) groups excluding carboxylic acids is 1. The molecule has 0 saturated carbocycles. The highest BCUT2D eigenvalue weighted by Crippen LogP contribution is 2.00. The van der Waals surface area contributed by atoms with Crippen LogP contribution in [0, 0.1) is 0 Å². The second kappa shape index (κ2) is 5.11. The lowest BCUT2D eigenvalue weighted by molar-refractivity contribution is -0.122. The SMILES string of the molecule is CCOCC1CNCCN1C=O. The van der Waals surface area contributed by atoms with Crippen LogP contribution in [0.2, 0.25) is 0 Å². The monoisotopic (exact) mass is 172 g/mol. The van der Waals surface area contributed by atoms with Gasteiger partial charge in [-0.05, 0) is 6.92 Å². The molecular formula is C8H16N2O2. The molecule has 1 aliphatic rings. The van der Waals surface area contributed by atoms with Crippen molar-refractivity contribution in [1.29, 1.82) is 0 Å². The number of hydrogen-bond donors (Lipinski definition) is 1. The van der Waals surface area contributed by atoms with Gasteiger partial charge in [0.15, 0.2) is 0 Å². The predicted octanol–water partition coefficient (Wildman–Crippen LogP) is -0.547. The van der Waals surface area contributed by atoms with Crippen molar-refractivity contribution in [2.45, 2.75) is 13.0 Å². The molecule has 1 saturated heterocycles. The summed E-state index contributed by atoms with van der Waals surface area (Å²) in [6.07, 6.45) is 0.907. The Morgan fingerprint density at radius 1 is 1.75 bits per heavy atom. The van der Waals surface area contributed by atoms with Crippen LogP contribution in [-0.4, -0.2) is 50.2 Å². The average molecular weight is 172 g/mol. The van der Waals surface area contributed by atoms with Gasteiger partial charge in [0.2, 0.25) is 6.41 Å². The molecule has 1 atom stereocenters. The van der Waals surface area contributed by atoms with Gasteiger partial charge in [0.25, 0.3) is 0 Å². The first-order valence-electron chi connectivity index (χ1n) is 4.38. The van der Waals surface area contributed by atoms with E-state index < -0.39 is 0 Å². The quantitative estimate of drug-likeness (QED) is 0.579. The molecule has 0 aromatic heterocycles. The zero-order chi connectivity index (χ0) is 8.81. The van der Waals surface area contributed by atoms with Gasteiger partial charge < -0.3 is 15.0 Å². The van der Waals surface area contributed by atoms with E-state index in [4.69, 9.17) is 4.74 Å². The number of nitrogens with one attached hydrogen (secondary N) is 1. The van der Waals surface area contributed by atoms with Crippen LogP contribution < -0.4 is 5.32 Å². The van der Waals surface area contributed by atoms with Crippen LogP contribution in [0.3, 0.4) is 0 Å². The van der Waals surface area contributed by atoms with E-state index in [-0.39, 0.29) is 6.04 Å². The predicted molar refractivity (Wildman–Crippen MR) is 45.9 cm³/mol. The number of ether oxygens (including phenoxy) is 1. The minimum Gasteiger partial charge on any atom is -0.380 e. The molecule has 0 aromatic carbocycles. The number of carbonyl (C=O) groups is 1. The van der Waals surface area contributed by atoms with Gasteiger partial charge in [-0.1, -0.05) is 0 Å². The summed E-state index contributed by atoms with van der Waals surface area (Å²) in [7, 11) is 0. The number of rotatable bonds is 4. The molecule has 4 heteroatoms. The Kier molecular flexibility index (Phi) is 4.04. The fraction of sp³-hybridized carbons (Fsp3) is 0.875. The average Bonchev–Trinajstić information content (AvgIpc) is 2.15. The van der Waals surface area contributed by atoms with Crippen molar-refractivity contribution in [2.24, 2.45) is 0 Å². The summed E-state index contributed by atoms with van der Waals surface area (Å²) < 4.78 is 5.26. The third-order valence-corrected chi connectivity index (χ3v) is 2.05. The third kappa shape index (κ3) is 2.46. The van der Waals surface area contributed by atoms with Crippen LogP contribution in [0.1, 0.15) is 6.92 Å². The highest BCUT2D eigenvalue weighted by Gasteiger charge is 2.19. The number of piperazine rings is 1. The van der Waals surface area contributed by atoms with Crippen molar-refractivity contribution in [1.82, 2.24) is 10.2 Å². The number of nitrogens with zero attached hydrogens (tertiary/aromatic N) is 1. The first kappa shape index (κ1) is 9.48. The van der Waals surface area contributed by atoms with Crippen LogP contribution in [0.15, 0.2) is 0 Å². The van der Waals surface area contributed by atoms with Crippen LogP contribution in [0.25, 0.3) is 0 Å². The van der Waals surface area contributed by atoms with Gasteiger partial charge in [0.1, 0.15) is 0 Å². The number of amides is 1. The standard InChI is InChI=1S/C8H16N2O2/c1-2-12-6-8-5-9-3-4-10(8)7-11/h7-9H,2-6H2,1H3. The van der Waals surface area contributed by atoms with Gasteiger partial charge in [0.05, 0.1) is 12.6 Å². The lowest BCUT2D eigenvalue weighted by Crippen LogP contribution is -2.52. The Morgan fingerprint density at radius 2 is 2.58 bits per heavy atom.